The summed E-state index contributed by atoms with van der Waals surface area (Å²) in [7, 11) is 0. The van der Waals surface area contributed by atoms with Gasteiger partial charge in [-0.05, 0) is 0 Å². The maximum atomic E-state index is 10.0. The van der Waals surface area contributed by atoms with Gasteiger partial charge >= 0.3 is 19.8 Å². The third kappa shape index (κ3) is 2.53. The fourth-order valence-electron chi connectivity index (χ4n) is 0.532. The SMILES string of the molecule is O=Cc1ccccc1.[GaH3]. The van der Waals surface area contributed by atoms with Crippen LogP contribution < -0.4 is 0 Å². The van der Waals surface area contributed by atoms with E-state index in [1.54, 1.807) is 12.1 Å². The van der Waals surface area contributed by atoms with Crippen molar-refractivity contribution in [2.75, 3.05) is 0 Å². The summed E-state index contributed by atoms with van der Waals surface area (Å²) in [4.78, 5) is 10.0. The fraction of sp³-hybridized carbons (Fsp3) is 0. The molecule has 0 N–H and O–H groups in total. The Kier molecular flexibility index (Phi) is 4.18. The van der Waals surface area contributed by atoms with Gasteiger partial charge in [0.25, 0.3) is 0 Å². The number of hydrogen-bond donors (Lipinski definition) is 0. The van der Waals surface area contributed by atoms with Crippen LogP contribution in [0, 0.1) is 0 Å². The van der Waals surface area contributed by atoms with E-state index in [0.717, 1.165) is 11.8 Å². The van der Waals surface area contributed by atoms with Gasteiger partial charge in [0.05, 0.1) is 0 Å². The van der Waals surface area contributed by atoms with Gasteiger partial charge in [0.2, 0.25) is 0 Å². The summed E-state index contributed by atoms with van der Waals surface area (Å²) in [5.41, 5.74) is 0.729. The molecule has 0 atom stereocenters. The number of rotatable bonds is 1. The van der Waals surface area contributed by atoms with Crippen molar-refractivity contribution in [3.05, 3.63) is 35.9 Å². The van der Waals surface area contributed by atoms with Crippen LogP contribution in [0.3, 0.4) is 0 Å². The third-order valence-corrected chi connectivity index (χ3v) is 0.936. The average Bonchev–Trinajstić information content (AvgIpc) is 1.90. The van der Waals surface area contributed by atoms with Crippen LogP contribution in [-0.2, 0) is 0 Å². The molecule has 0 aromatic heterocycles. The maximum absolute atomic E-state index is 10.0. The van der Waals surface area contributed by atoms with E-state index in [1.165, 1.54) is 0 Å². The Balaban J connectivity index is 0.000000640. The monoisotopic (exact) mass is 178 g/mol. The molecule has 0 aliphatic carbocycles. The van der Waals surface area contributed by atoms with Crippen LogP contribution in [0.4, 0.5) is 0 Å². The first kappa shape index (κ1) is 8.53. The molecule has 0 spiro atoms. The van der Waals surface area contributed by atoms with Crippen molar-refractivity contribution in [2.45, 2.75) is 0 Å². The molecule has 0 bridgehead atoms. The Bertz CT molecular complexity index is 172. The average molecular weight is 179 g/mol. The molecule has 0 amide bonds. The van der Waals surface area contributed by atoms with Crippen LogP contribution in [0.15, 0.2) is 30.3 Å². The third-order valence-electron chi connectivity index (χ3n) is 0.936. The predicted octanol–water partition coefficient (Wildman–Crippen LogP) is 0.315. The van der Waals surface area contributed by atoms with E-state index in [-0.39, 0.29) is 19.8 Å². The van der Waals surface area contributed by atoms with Gasteiger partial charge in [0, 0.05) is 5.56 Å². The molecule has 2 heteroatoms. The first-order chi connectivity index (χ1) is 3.93. The molecular weight excluding hydrogens is 170 g/mol. The number of carbonyl (C=O) groups is 1. The van der Waals surface area contributed by atoms with Crippen LogP contribution >= 0.6 is 0 Å². The van der Waals surface area contributed by atoms with Gasteiger partial charge in [-0.2, -0.15) is 0 Å². The molecule has 46 valence electrons. The van der Waals surface area contributed by atoms with Crippen molar-refractivity contribution < 1.29 is 4.79 Å². The van der Waals surface area contributed by atoms with Gasteiger partial charge in [-0.25, -0.2) is 0 Å². The van der Waals surface area contributed by atoms with E-state index in [9.17, 15) is 4.79 Å². The molecule has 0 fully saturated rings. The first-order valence-corrected chi connectivity index (χ1v) is 2.44. The molecule has 9 heavy (non-hydrogen) atoms. The summed E-state index contributed by atoms with van der Waals surface area (Å²) in [5.74, 6) is 0. The number of hydrogen-bond acceptors (Lipinski definition) is 1. The van der Waals surface area contributed by atoms with Gasteiger partial charge < -0.3 is 0 Å². The second kappa shape index (κ2) is 4.41. The normalized spacial score (nSPS) is 7.56. The summed E-state index contributed by atoms with van der Waals surface area (Å²) in [5, 5.41) is 0. The molecule has 0 aliphatic heterocycles. The Morgan fingerprint density at radius 3 is 2.00 bits per heavy atom. The second-order valence-electron chi connectivity index (χ2n) is 1.53. The molecule has 0 saturated carbocycles. The number of carbonyl (C=O) groups excluding carboxylic acids is 1. The Morgan fingerprint density at radius 1 is 1.11 bits per heavy atom. The zero-order chi connectivity index (χ0) is 5.82. The van der Waals surface area contributed by atoms with E-state index in [0.29, 0.717) is 0 Å². The molecule has 1 aromatic carbocycles. The molecule has 0 radical (unpaired) electrons. The van der Waals surface area contributed by atoms with Gasteiger partial charge in [0.1, 0.15) is 6.29 Å². The van der Waals surface area contributed by atoms with Crippen LogP contribution in [-0.4, -0.2) is 26.1 Å². The molecule has 0 heterocycles. The van der Waals surface area contributed by atoms with Crippen LogP contribution in [0.1, 0.15) is 10.4 Å². The minimum atomic E-state index is 0. The van der Waals surface area contributed by atoms with Crippen LogP contribution in [0.2, 0.25) is 0 Å². The van der Waals surface area contributed by atoms with Crippen LogP contribution in [0.5, 0.6) is 0 Å². The molecule has 0 aliphatic rings. The Hall–Kier alpha value is -0.474. The Labute approximate surface area is 67.1 Å². The zero-order valence-electron chi connectivity index (χ0n) is 4.37. The van der Waals surface area contributed by atoms with Crippen molar-refractivity contribution in [3.63, 3.8) is 0 Å². The van der Waals surface area contributed by atoms with E-state index in [1.807, 2.05) is 18.2 Å². The van der Waals surface area contributed by atoms with E-state index in [2.05, 4.69) is 0 Å². The van der Waals surface area contributed by atoms with Crippen molar-refractivity contribution in [1.29, 1.82) is 0 Å². The van der Waals surface area contributed by atoms with Gasteiger partial charge in [0.15, 0.2) is 0 Å². The van der Waals surface area contributed by atoms with Crippen molar-refractivity contribution in [1.82, 2.24) is 0 Å². The summed E-state index contributed by atoms with van der Waals surface area (Å²) < 4.78 is 0. The number of benzene rings is 1. The summed E-state index contributed by atoms with van der Waals surface area (Å²) in [6.07, 6.45) is 0.833. The van der Waals surface area contributed by atoms with Crippen molar-refractivity contribution >= 4 is 26.1 Å². The fourth-order valence-corrected chi connectivity index (χ4v) is 0.532. The van der Waals surface area contributed by atoms with Crippen molar-refractivity contribution in [2.24, 2.45) is 0 Å². The minimum absolute atomic E-state index is 0. The zero-order valence-corrected chi connectivity index (χ0v) is 4.37. The molecule has 1 aromatic rings. The quantitative estimate of drug-likeness (QED) is 0.447. The van der Waals surface area contributed by atoms with Crippen LogP contribution in [0.25, 0.3) is 0 Å². The summed E-state index contributed by atoms with van der Waals surface area (Å²) >= 11 is 0. The number of aldehydes is 1. The van der Waals surface area contributed by atoms with Gasteiger partial charge in [-0.3, -0.25) is 4.79 Å². The van der Waals surface area contributed by atoms with Gasteiger partial charge in [-0.1, -0.05) is 30.3 Å². The molecule has 0 unspecified atom stereocenters. The van der Waals surface area contributed by atoms with E-state index < -0.39 is 0 Å². The standard InChI is InChI=1S/C7H6O.Ga.3H/c8-6-7-4-2-1-3-5-7;;;;/h1-6H;;;;. The topological polar surface area (TPSA) is 17.1 Å². The molecule has 0 saturated heterocycles. The molecule has 1 nitrogen and oxygen atoms in total. The molecular formula is C7H9GaO. The molecule has 1 rings (SSSR count). The van der Waals surface area contributed by atoms with Gasteiger partial charge in [-0.15, -0.1) is 0 Å². The van der Waals surface area contributed by atoms with Crippen molar-refractivity contribution in [3.8, 4) is 0 Å². The first-order valence-electron chi connectivity index (χ1n) is 2.44. The Morgan fingerprint density at radius 2 is 1.67 bits per heavy atom. The summed E-state index contributed by atoms with van der Waals surface area (Å²) in [6.45, 7) is 0. The second-order valence-corrected chi connectivity index (χ2v) is 1.53. The van der Waals surface area contributed by atoms with E-state index >= 15 is 0 Å². The predicted molar refractivity (Wildman–Crippen MR) is 41.8 cm³/mol. The van der Waals surface area contributed by atoms with E-state index in [4.69, 9.17) is 0 Å². The summed E-state index contributed by atoms with van der Waals surface area (Å²) in [6, 6.07) is 9.10.